The predicted molar refractivity (Wildman–Crippen MR) is 107 cm³/mol. The van der Waals surface area contributed by atoms with Crippen molar-refractivity contribution >= 4 is 40.9 Å². The van der Waals surface area contributed by atoms with E-state index >= 15 is 0 Å². The molecule has 0 heterocycles. The maximum atomic E-state index is 11.9. The van der Waals surface area contributed by atoms with Crippen LogP contribution in [-0.2, 0) is 17.0 Å². The third kappa shape index (κ3) is 6.81. The van der Waals surface area contributed by atoms with E-state index in [2.05, 4.69) is 5.32 Å². The van der Waals surface area contributed by atoms with Gasteiger partial charge < -0.3 is 10.1 Å². The van der Waals surface area contributed by atoms with Gasteiger partial charge in [0.05, 0.1) is 12.9 Å². The molecule has 0 aliphatic heterocycles. The van der Waals surface area contributed by atoms with E-state index in [1.54, 1.807) is 7.11 Å². The predicted octanol–water partition coefficient (Wildman–Crippen LogP) is 4.98. The molecule has 0 aliphatic rings. The minimum absolute atomic E-state index is 0.0305. The highest BCUT2D eigenvalue weighted by Gasteiger charge is 2.07. The maximum absolute atomic E-state index is 11.9. The Hall–Kier alpha value is -1.36. The summed E-state index contributed by atoms with van der Waals surface area (Å²) >= 11 is 13.7. The van der Waals surface area contributed by atoms with Gasteiger partial charge in [-0.15, -0.1) is 11.8 Å². The molecule has 2 aromatic rings. The number of amides is 1. The number of methoxy groups -OCH3 is 1. The van der Waals surface area contributed by atoms with Gasteiger partial charge >= 0.3 is 0 Å². The van der Waals surface area contributed by atoms with Crippen LogP contribution in [-0.4, -0.2) is 25.3 Å². The first-order valence-electron chi connectivity index (χ1n) is 8.00. The molecule has 0 radical (unpaired) electrons. The fourth-order valence-electron chi connectivity index (χ4n) is 2.28. The van der Waals surface area contributed by atoms with Crippen LogP contribution in [0.3, 0.4) is 0 Å². The zero-order valence-corrected chi connectivity index (χ0v) is 16.4. The highest BCUT2D eigenvalue weighted by atomic mass is 35.5. The number of rotatable bonds is 9. The molecule has 6 heteroatoms. The van der Waals surface area contributed by atoms with Gasteiger partial charge in [0.25, 0.3) is 0 Å². The van der Waals surface area contributed by atoms with Gasteiger partial charge in [0.2, 0.25) is 5.91 Å². The number of hydrogen-bond donors (Lipinski definition) is 1. The molecule has 0 spiro atoms. The van der Waals surface area contributed by atoms with Gasteiger partial charge in [0.1, 0.15) is 5.75 Å². The average molecular weight is 398 g/mol. The molecule has 1 amide bonds. The van der Waals surface area contributed by atoms with Gasteiger partial charge in [0, 0.05) is 22.3 Å². The molecule has 25 heavy (non-hydrogen) atoms. The van der Waals surface area contributed by atoms with Crippen molar-refractivity contribution < 1.29 is 9.53 Å². The van der Waals surface area contributed by atoms with Crippen LogP contribution in [0.15, 0.2) is 42.5 Å². The summed E-state index contributed by atoms with van der Waals surface area (Å²) in [4.78, 5) is 11.9. The SMILES string of the molecule is COc1ccc(CCCNC(=O)CSCc2c(Cl)cccc2Cl)cc1. The molecule has 0 saturated heterocycles. The van der Waals surface area contributed by atoms with Crippen molar-refractivity contribution in [1.82, 2.24) is 5.32 Å². The van der Waals surface area contributed by atoms with E-state index in [0.29, 0.717) is 28.1 Å². The number of ether oxygens (including phenoxy) is 1. The first-order chi connectivity index (χ1) is 12.1. The number of halogens is 2. The van der Waals surface area contributed by atoms with E-state index in [1.807, 2.05) is 42.5 Å². The number of aryl methyl sites for hydroxylation is 1. The summed E-state index contributed by atoms with van der Waals surface area (Å²) in [6, 6.07) is 13.4. The van der Waals surface area contributed by atoms with Gasteiger partial charge in [0.15, 0.2) is 0 Å². The highest BCUT2D eigenvalue weighted by Crippen LogP contribution is 2.28. The van der Waals surface area contributed by atoms with Crippen molar-refractivity contribution in [3.8, 4) is 5.75 Å². The van der Waals surface area contributed by atoms with E-state index in [9.17, 15) is 4.79 Å². The molecule has 0 aromatic heterocycles. The molecule has 1 N–H and O–H groups in total. The number of carbonyl (C=O) groups is 1. The van der Waals surface area contributed by atoms with Gasteiger partial charge in [-0.05, 0) is 48.2 Å². The van der Waals surface area contributed by atoms with Crippen LogP contribution < -0.4 is 10.1 Å². The zero-order chi connectivity index (χ0) is 18.1. The van der Waals surface area contributed by atoms with Crippen molar-refractivity contribution in [1.29, 1.82) is 0 Å². The standard InChI is InChI=1S/C19H21Cl2NO2S/c1-24-15-9-7-14(8-10-15)4-3-11-22-19(23)13-25-12-16-17(20)5-2-6-18(16)21/h2,5-10H,3-4,11-13H2,1H3,(H,22,23). The van der Waals surface area contributed by atoms with Gasteiger partial charge in [-0.1, -0.05) is 41.4 Å². The first-order valence-corrected chi connectivity index (χ1v) is 9.91. The van der Waals surface area contributed by atoms with Crippen LogP contribution in [0.4, 0.5) is 0 Å². The molecule has 0 atom stereocenters. The average Bonchev–Trinajstić information content (AvgIpc) is 2.62. The zero-order valence-electron chi connectivity index (χ0n) is 14.1. The molecule has 3 nitrogen and oxygen atoms in total. The topological polar surface area (TPSA) is 38.3 Å². The molecule has 2 aromatic carbocycles. The Morgan fingerprint density at radius 3 is 2.44 bits per heavy atom. The number of nitrogens with one attached hydrogen (secondary N) is 1. The van der Waals surface area contributed by atoms with E-state index < -0.39 is 0 Å². The Morgan fingerprint density at radius 2 is 1.80 bits per heavy atom. The fraction of sp³-hybridized carbons (Fsp3) is 0.316. The monoisotopic (exact) mass is 397 g/mol. The summed E-state index contributed by atoms with van der Waals surface area (Å²) in [5, 5.41) is 4.22. The van der Waals surface area contributed by atoms with Crippen LogP contribution in [0.1, 0.15) is 17.5 Å². The fourth-order valence-corrected chi connectivity index (χ4v) is 3.87. The van der Waals surface area contributed by atoms with Gasteiger partial charge in [-0.2, -0.15) is 0 Å². The van der Waals surface area contributed by atoms with Crippen molar-refractivity contribution in [3.63, 3.8) is 0 Å². The van der Waals surface area contributed by atoms with Crippen LogP contribution in [0, 0.1) is 0 Å². The molecular formula is C19H21Cl2NO2S. The van der Waals surface area contributed by atoms with Gasteiger partial charge in [-0.25, -0.2) is 0 Å². The van der Waals surface area contributed by atoms with E-state index in [4.69, 9.17) is 27.9 Å². The van der Waals surface area contributed by atoms with Crippen LogP contribution >= 0.6 is 35.0 Å². The van der Waals surface area contributed by atoms with E-state index in [0.717, 1.165) is 24.2 Å². The summed E-state index contributed by atoms with van der Waals surface area (Å²) in [6.07, 6.45) is 1.83. The Labute approximate surface area is 163 Å². The Kier molecular flexibility index (Phi) is 8.45. The van der Waals surface area contributed by atoms with Crippen molar-refractivity contribution in [2.45, 2.75) is 18.6 Å². The van der Waals surface area contributed by atoms with Crippen LogP contribution in [0.25, 0.3) is 0 Å². The van der Waals surface area contributed by atoms with Crippen LogP contribution in [0.2, 0.25) is 10.0 Å². The summed E-state index contributed by atoms with van der Waals surface area (Å²) in [7, 11) is 1.66. The quantitative estimate of drug-likeness (QED) is 0.605. The Bertz CT molecular complexity index is 672. The second kappa shape index (κ2) is 10.6. The smallest absolute Gasteiger partial charge is 0.230 e. The molecule has 2 rings (SSSR count). The molecule has 134 valence electrons. The number of hydrogen-bond acceptors (Lipinski definition) is 3. The normalized spacial score (nSPS) is 10.5. The Morgan fingerprint density at radius 1 is 1.12 bits per heavy atom. The summed E-state index contributed by atoms with van der Waals surface area (Å²) < 4.78 is 5.13. The maximum Gasteiger partial charge on any atom is 0.230 e. The molecule has 0 unspecified atom stereocenters. The summed E-state index contributed by atoms with van der Waals surface area (Å²) in [5.41, 5.74) is 2.11. The van der Waals surface area contributed by atoms with Gasteiger partial charge in [-0.3, -0.25) is 4.79 Å². The van der Waals surface area contributed by atoms with Crippen molar-refractivity contribution in [2.24, 2.45) is 0 Å². The van der Waals surface area contributed by atoms with E-state index in [1.165, 1.54) is 17.3 Å². The third-order valence-corrected chi connectivity index (χ3v) is 5.33. The molecule has 0 fully saturated rings. The van der Waals surface area contributed by atoms with Crippen molar-refractivity contribution in [3.05, 3.63) is 63.6 Å². The number of thioether (sulfide) groups is 1. The lowest BCUT2D eigenvalue weighted by Crippen LogP contribution is -2.26. The lowest BCUT2D eigenvalue weighted by Gasteiger charge is -2.08. The minimum Gasteiger partial charge on any atom is -0.497 e. The second-order valence-corrected chi connectivity index (χ2v) is 7.29. The minimum atomic E-state index is 0.0305. The molecular weight excluding hydrogens is 377 g/mol. The third-order valence-electron chi connectivity index (χ3n) is 3.66. The number of carbonyl (C=O) groups excluding carboxylic acids is 1. The summed E-state index contributed by atoms with van der Waals surface area (Å²) in [5.74, 6) is 1.90. The first kappa shape index (κ1) is 20.0. The molecule has 0 aliphatic carbocycles. The molecule has 0 saturated carbocycles. The lowest BCUT2D eigenvalue weighted by atomic mass is 10.1. The van der Waals surface area contributed by atoms with Crippen molar-refractivity contribution in [2.75, 3.05) is 19.4 Å². The summed E-state index contributed by atoms with van der Waals surface area (Å²) in [6.45, 7) is 0.665. The second-order valence-electron chi connectivity index (χ2n) is 5.49. The number of benzene rings is 2. The molecule has 0 bridgehead atoms. The highest BCUT2D eigenvalue weighted by molar-refractivity contribution is 7.99. The Balaban J connectivity index is 1.62. The van der Waals surface area contributed by atoms with Crippen LogP contribution in [0.5, 0.6) is 5.75 Å². The van der Waals surface area contributed by atoms with E-state index in [-0.39, 0.29) is 5.91 Å². The largest absolute Gasteiger partial charge is 0.497 e. The lowest BCUT2D eigenvalue weighted by molar-refractivity contribution is -0.118.